The van der Waals surface area contributed by atoms with Gasteiger partial charge < -0.3 is 5.11 Å². The molecule has 0 amide bonds. The second kappa shape index (κ2) is 4.81. The van der Waals surface area contributed by atoms with E-state index in [2.05, 4.69) is 0 Å². The van der Waals surface area contributed by atoms with E-state index in [1.807, 2.05) is 0 Å². The van der Waals surface area contributed by atoms with Crippen LogP contribution in [-0.4, -0.2) is 16.9 Å². The first-order valence-corrected chi connectivity index (χ1v) is 3.19. The monoisotopic (exact) mass is 234 g/mol. The minimum atomic E-state index is -1.18. The third-order valence-electron chi connectivity index (χ3n) is 1.96. The van der Waals surface area contributed by atoms with E-state index in [0.717, 1.165) is 0 Å². The van der Waals surface area contributed by atoms with Crippen LogP contribution in [-0.2, 0) is 35.8 Å². The first-order chi connectivity index (χ1) is 4.45. The third-order valence-corrected chi connectivity index (χ3v) is 1.96. The Labute approximate surface area is 85.3 Å². The Morgan fingerprint density at radius 3 is 1.82 bits per heavy atom. The molecule has 0 radical (unpaired) electrons. The summed E-state index contributed by atoms with van der Waals surface area (Å²) in [5.74, 6) is -1.33. The quantitative estimate of drug-likeness (QED) is 0.745. The molecule has 4 heteroatoms. The second-order valence-corrected chi connectivity index (χ2v) is 2.55. The van der Waals surface area contributed by atoms with Crippen molar-refractivity contribution in [2.45, 2.75) is 27.2 Å². The Balaban J connectivity index is 0. The van der Waals surface area contributed by atoms with Crippen molar-refractivity contribution in [2.75, 3.05) is 0 Å². The third kappa shape index (κ3) is 2.86. The van der Waals surface area contributed by atoms with Crippen molar-refractivity contribution in [3.8, 4) is 0 Å². The molecule has 0 aromatic carbocycles. The molecule has 0 saturated heterocycles. The van der Waals surface area contributed by atoms with Crippen molar-refractivity contribution in [3.05, 3.63) is 0 Å². The zero-order chi connectivity index (χ0) is 8.36. The Kier molecular flexibility index (Phi) is 5.95. The Hall–Kier alpha value is 0.0231. The fraction of sp³-hybridized carbons (Fsp3) is 0.714. The van der Waals surface area contributed by atoms with Crippen LogP contribution in [0.2, 0.25) is 0 Å². The van der Waals surface area contributed by atoms with Crippen LogP contribution < -0.4 is 0 Å². The molecule has 0 aliphatic heterocycles. The molecule has 11 heavy (non-hydrogen) atoms. The van der Waals surface area contributed by atoms with E-state index in [9.17, 15) is 9.59 Å². The molecule has 3 nitrogen and oxygen atoms in total. The average Bonchev–Trinajstić information content (AvgIpc) is 1.85. The molecule has 0 aliphatic rings. The van der Waals surface area contributed by atoms with Gasteiger partial charge in [0, 0.05) is 26.2 Å². The molecule has 1 unspecified atom stereocenters. The molecule has 0 aliphatic carbocycles. The van der Waals surface area contributed by atoms with Gasteiger partial charge in [-0.25, -0.2) is 0 Å². The summed E-state index contributed by atoms with van der Waals surface area (Å²) >= 11 is 0. The number of carboxylic acid groups (broad SMARTS) is 1. The van der Waals surface area contributed by atoms with Gasteiger partial charge >= 0.3 is 5.97 Å². The van der Waals surface area contributed by atoms with E-state index >= 15 is 0 Å². The summed E-state index contributed by atoms with van der Waals surface area (Å²) in [5, 5.41) is 8.58. The molecule has 0 rings (SSSR count). The molecule has 0 heterocycles. The molecule has 1 N–H and O–H groups in total. The van der Waals surface area contributed by atoms with Gasteiger partial charge in [-0.1, -0.05) is 6.92 Å². The number of hydrogen-bond donors (Lipinski definition) is 1. The van der Waals surface area contributed by atoms with Gasteiger partial charge in [-0.2, -0.15) is 0 Å². The Morgan fingerprint density at radius 1 is 1.45 bits per heavy atom. The smallest absolute Gasteiger partial charge is 0.316 e. The van der Waals surface area contributed by atoms with Crippen LogP contribution >= 0.6 is 0 Å². The fourth-order valence-corrected chi connectivity index (χ4v) is 0.551. The second-order valence-electron chi connectivity index (χ2n) is 2.55. The van der Waals surface area contributed by atoms with Crippen molar-refractivity contribution >= 4 is 11.8 Å². The molecule has 0 aromatic rings. The minimum absolute atomic E-state index is 0. The van der Waals surface area contributed by atoms with Gasteiger partial charge in [-0.05, 0) is 20.3 Å². The summed E-state index contributed by atoms with van der Waals surface area (Å²) in [5.41, 5.74) is -1.18. The number of carbonyl (C=O) groups excluding carboxylic acids is 1. The molecule has 0 spiro atoms. The van der Waals surface area contributed by atoms with E-state index < -0.39 is 11.4 Å². The summed E-state index contributed by atoms with van der Waals surface area (Å²) in [7, 11) is 0. The predicted molar refractivity (Wildman–Crippen MR) is 36.7 cm³/mol. The van der Waals surface area contributed by atoms with Crippen LogP contribution in [0, 0.1) is 5.41 Å². The van der Waals surface area contributed by atoms with Crippen molar-refractivity contribution in [1.29, 1.82) is 0 Å². The SMILES string of the molecule is CCC(C)(C(C)=O)C(=O)O.[Zr]. The zero-order valence-electron chi connectivity index (χ0n) is 6.97. The maximum absolute atomic E-state index is 10.8. The van der Waals surface area contributed by atoms with E-state index in [4.69, 9.17) is 5.11 Å². The number of hydrogen-bond acceptors (Lipinski definition) is 2. The Morgan fingerprint density at radius 2 is 1.82 bits per heavy atom. The van der Waals surface area contributed by atoms with Crippen molar-refractivity contribution < 1.29 is 40.9 Å². The average molecular weight is 235 g/mol. The van der Waals surface area contributed by atoms with Gasteiger partial charge in [0.05, 0.1) is 0 Å². The number of rotatable bonds is 3. The summed E-state index contributed by atoms with van der Waals surface area (Å²) < 4.78 is 0. The van der Waals surface area contributed by atoms with E-state index in [0.29, 0.717) is 6.42 Å². The summed E-state index contributed by atoms with van der Waals surface area (Å²) in [6.45, 7) is 4.44. The van der Waals surface area contributed by atoms with Gasteiger partial charge in [0.15, 0.2) is 0 Å². The van der Waals surface area contributed by atoms with Gasteiger partial charge in [0.1, 0.15) is 11.2 Å². The maximum atomic E-state index is 10.8. The first-order valence-electron chi connectivity index (χ1n) is 3.19. The molecular weight excluding hydrogens is 223 g/mol. The van der Waals surface area contributed by atoms with Gasteiger partial charge in [0.2, 0.25) is 0 Å². The molecule has 0 bridgehead atoms. The minimum Gasteiger partial charge on any atom is -0.481 e. The van der Waals surface area contributed by atoms with Gasteiger partial charge in [-0.3, -0.25) is 9.59 Å². The predicted octanol–water partition coefficient (Wildman–Crippen LogP) is 1.07. The molecule has 0 fully saturated rings. The molecule has 1 atom stereocenters. The normalized spacial score (nSPS) is 14.5. The van der Waals surface area contributed by atoms with E-state index in [1.54, 1.807) is 6.92 Å². The Bertz CT molecular complexity index is 151. The number of Topliss-reactive ketones (excluding diaryl/α,β-unsaturated/α-hetero) is 1. The molecular formula is C7H12O3Zr. The number of aliphatic carboxylic acids is 1. The number of carbonyl (C=O) groups is 2. The van der Waals surface area contributed by atoms with Crippen LogP contribution in [0.4, 0.5) is 0 Å². The van der Waals surface area contributed by atoms with Crippen molar-refractivity contribution in [2.24, 2.45) is 5.41 Å². The summed E-state index contributed by atoms with van der Waals surface area (Å²) in [6.07, 6.45) is 0.345. The van der Waals surface area contributed by atoms with Crippen molar-refractivity contribution in [3.63, 3.8) is 0 Å². The fourth-order valence-electron chi connectivity index (χ4n) is 0.551. The molecule has 62 valence electrons. The van der Waals surface area contributed by atoms with Crippen LogP contribution in [0.15, 0.2) is 0 Å². The molecule has 0 aromatic heterocycles. The zero-order valence-corrected chi connectivity index (χ0v) is 9.43. The number of ketones is 1. The summed E-state index contributed by atoms with van der Waals surface area (Å²) in [6, 6.07) is 0. The van der Waals surface area contributed by atoms with Gasteiger partial charge in [-0.15, -0.1) is 0 Å². The standard InChI is InChI=1S/C7H12O3.Zr/c1-4-7(3,5(2)8)6(9)10;/h4H2,1-3H3,(H,9,10);. The van der Waals surface area contributed by atoms with Crippen LogP contribution in [0.1, 0.15) is 27.2 Å². The van der Waals surface area contributed by atoms with E-state index in [1.165, 1.54) is 13.8 Å². The van der Waals surface area contributed by atoms with Crippen molar-refractivity contribution in [1.82, 2.24) is 0 Å². The first kappa shape index (κ1) is 13.6. The van der Waals surface area contributed by atoms with Crippen LogP contribution in [0.25, 0.3) is 0 Å². The van der Waals surface area contributed by atoms with Gasteiger partial charge in [0.25, 0.3) is 0 Å². The van der Waals surface area contributed by atoms with E-state index in [-0.39, 0.29) is 32.0 Å². The number of carboxylic acids is 1. The maximum Gasteiger partial charge on any atom is 0.316 e. The van der Waals surface area contributed by atoms with Crippen LogP contribution in [0.5, 0.6) is 0 Å². The topological polar surface area (TPSA) is 54.4 Å². The largest absolute Gasteiger partial charge is 0.481 e. The van der Waals surface area contributed by atoms with Crippen LogP contribution in [0.3, 0.4) is 0 Å². The molecule has 0 saturated carbocycles. The summed E-state index contributed by atoms with van der Waals surface area (Å²) in [4.78, 5) is 21.2.